The summed E-state index contributed by atoms with van der Waals surface area (Å²) in [6, 6.07) is 10.9. The molecule has 1 aromatic carbocycles. The maximum absolute atomic E-state index is 4.11. The van der Waals surface area contributed by atoms with Gasteiger partial charge in [0.15, 0.2) is 0 Å². The Labute approximate surface area is 136 Å². The topological polar surface area (TPSA) is 42.7 Å². The van der Waals surface area contributed by atoms with Crippen LogP contribution in [0.2, 0.25) is 0 Å². The Balaban J connectivity index is 1.64. The van der Waals surface area contributed by atoms with Crippen LogP contribution in [0.1, 0.15) is 23.4 Å². The quantitative estimate of drug-likeness (QED) is 0.734. The summed E-state index contributed by atoms with van der Waals surface area (Å²) in [5.41, 5.74) is 2.33. The van der Waals surface area contributed by atoms with E-state index in [1.807, 2.05) is 4.68 Å². The second-order valence-corrected chi connectivity index (χ2v) is 6.68. The lowest BCUT2D eigenvalue weighted by molar-refractivity contribution is 0.685. The number of anilines is 1. The van der Waals surface area contributed by atoms with Crippen molar-refractivity contribution in [2.75, 3.05) is 5.32 Å². The van der Waals surface area contributed by atoms with Crippen molar-refractivity contribution in [1.29, 1.82) is 0 Å². The van der Waals surface area contributed by atoms with Crippen molar-refractivity contribution >= 4 is 33.0 Å². The molecule has 0 bridgehead atoms. The zero-order chi connectivity index (χ0) is 14.7. The van der Waals surface area contributed by atoms with E-state index in [9.17, 15) is 0 Å². The van der Waals surface area contributed by atoms with Gasteiger partial charge in [-0.15, -0.1) is 11.3 Å². The molecule has 108 valence electrons. The number of nitrogens with one attached hydrogen (secondary N) is 1. The highest BCUT2D eigenvalue weighted by atomic mass is 79.9. The van der Waals surface area contributed by atoms with E-state index < -0.39 is 0 Å². The zero-order valence-corrected chi connectivity index (χ0v) is 13.9. The third kappa shape index (κ3) is 3.71. The number of hydrogen-bond acceptors (Lipinski definition) is 4. The van der Waals surface area contributed by atoms with E-state index in [2.05, 4.69) is 74.0 Å². The van der Waals surface area contributed by atoms with Gasteiger partial charge in [0, 0.05) is 20.4 Å². The van der Waals surface area contributed by atoms with Gasteiger partial charge in [-0.2, -0.15) is 5.10 Å². The minimum absolute atomic E-state index is 0.294. The highest BCUT2D eigenvalue weighted by Gasteiger charge is 2.07. The maximum atomic E-state index is 4.11. The van der Waals surface area contributed by atoms with Gasteiger partial charge in [-0.1, -0.05) is 12.1 Å². The first-order valence-corrected chi connectivity index (χ1v) is 8.30. The van der Waals surface area contributed by atoms with E-state index in [1.54, 1.807) is 24.0 Å². The lowest BCUT2D eigenvalue weighted by Crippen LogP contribution is -2.05. The van der Waals surface area contributed by atoms with Crippen molar-refractivity contribution in [1.82, 2.24) is 14.8 Å². The largest absolute Gasteiger partial charge is 0.378 e. The minimum Gasteiger partial charge on any atom is -0.378 e. The van der Waals surface area contributed by atoms with Crippen LogP contribution in [-0.4, -0.2) is 14.8 Å². The predicted molar refractivity (Wildman–Crippen MR) is 89.6 cm³/mol. The summed E-state index contributed by atoms with van der Waals surface area (Å²) in [4.78, 5) is 5.26. The molecule has 0 aliphatic carbocycles. The highest BCUT2D eigenvalue weighted by Crippen LogP contribution is 2.27. The van der Waals surface area contributed by atoms with Gasteiger partial charge in [0.2, 0.25) is 0 Å². The number of nitrogens with zero attached hydrogens (tertiary/aromatic N) is 3. The van der Waals surface area contributed by atoms with Gasteiger partial charge in [0.05, 0.1) is 12.6 Å². The second kappa shape index (κ2) is 6.41. The van der Waals surface area contributed by atoms with Crippen LogP contribution in [0.5, 0.6) is 0 Å². The summed E-state index contributed by atoms with van der Waals surface area (Å²) in [5, 5.41) is 9.73. The van der Waals surface area contributed by atoms with Gasteiger partial charge in [-0.05, 0) is 46.6 Å². The lowest BCUT2D eigenvalue weighted by Gasteiger charge is -2.14. The molecule has 3 aromatic rings. The van der Waals surface area contributed by atoms with Crippen molar-refractivity contribution in [3.63, 3.8) is 0 Å². The molecule has 21 heavy (non-hydrogen) atoms. The van der Waals surface area contributed by atoms with Gasteiger partial charge in [0.1, 0.15) is 12.7 Å². The fourth-order valence-electron chi connectivity index (χ4n) is 2.08. The summed E-state index contributed by atoms with van der Waals surface area (Å²) in [6.45, 7) is 2.91. The summed E-state index contributed by atoms with van der Waals surface area (Å²) in [5.74, 6) is 0. The molecule has 1 N–H and O–H groups in total. The van der Waals surface area contributed by atoms with Crippen LogP contribution in [0.15, 0.2) is 52.8 Å². The molecule has 3 rings (SSSR count). The average molecular weight is 363 g/mol. The Morgan fingerprint density at radius 3 is 2.76 bits per heavy atom. The predicted octanol–water partition coefficient (Wildman–Crippen LogP) is 4.32. The number of benzene rings is 1. The van der Waals surface area contributed by atoms with Gasteiger partial charge >= 0.3 is 0 Å². The number of hydrogen-bond donors (Lipinski definition) is 1. The Morgan fingerprint density at radius 1 is 1.33 bits per heavy atom. The third-order valence-corrected chi connectivity index (χ3v) is 5.04. The van der Waals surface area contributed by atoms with E-state index >= 15 is 0 Å². The summed E-state index contributed by atoms with van der Waals surface area (Å²) < 4.78 is 2.95. The Morgan fingerprint density at radius 2 is 2.14 bits per heavy atom. The highest BCUT2D eigenvalue weighted by molar-refractivity contribution is 9.10. The molecule has 0 aliphatic rings. The third-order valence-electron chi connectivity index (χ3n) is 3.16. The molecule has 0 radical (unpaired) electrons. The monoisotopic (exact) mass is 362 g/mol. The summed E-state index contributed by atoms with van der Waals surface area (Å²) in [7, 11) is 0. The van der Waals surface area contributed by atoms with E-state index in [4.69, 9.17) is 0 Å². The molecule has 0 aliphatic heterocycles. The summed E-state index contributed by atoms with van der Waals surface area (Å²) in [6.07, 6.45) is 3.28. The zero-order valence-electron chi connectivity index (χ0n) is 11.5. The van der Waals surface area contributed by atoms with E-state index in [1.165, 1.54) is 10.4 Å². The summed E-state index contributed by atoms with van der Waals surface area (Å²) >= 11 is 5.25. The number of aromatic nitrogens is 3. The van der Waals surface area contributed by atoms with E-state index in [0.717, 1.165) is 16.7 Å². The lowest BCUT2D eigenvalue weighted by atomic mass is 10.2. The van der Waals surface area contributed by atoms with Gasteiger partial charge in [-0.3, -0.25) is 0 Å². The standard InChI is InChI=1S/C15H15BrN4S/c1-11(15-6-13(16)8-21-15)19-14-4-2-12(3-5-14)7-20-10-17-9-18-20/h2-6,8-11,19H,7H2,1H3. The molecule has 4 nitrogen and oxygen atoms in total. The van der Waals surface area contributed by atoms with Crippen molar-refractivity contribution in [2.24, 2.45) is 0 Å². The van der Waals surface area contributed by atoms with Crippen molar-refractivity contribution in [3.05, 3.63) is 63.3 Å². The Hall–Kier alpha value is -1.66. The van der Waals surface area contributed by atoms with Crippen LogP contribution in [0.25, 0.3) is 0 Å². The van der Waals surface area contributed by atoms with Crippen LogP contribution in [0, 0.1) is 0 Å². The van der Waals surface area contributed by atoms with Gasteiger partial charge < -0.3 is 5.32 Å². The van der Waals surface area contributed by atoms with Crippen molar-refractivity contribution < 1.29 is 0 Å². The number of halogens is 1. The first kappa shape index (κ1) is 14.3. The van der Waals surface area contributed by atoms with Crippen LogP contribution in [0.4, 0.5) is 5.69 Å². The fraction of sp³-hybridized carbons (Fsp3) is 0.200. The molecule has 0 amide bonds. The van der Waals surface area contributed by atoms with Crippen LogP contribution >= 0.6 is 27.3 Å². The van der Waals surface area contributed by atoms with Crippen LogP contribution < -0.4 is 5.32 Å². The Kier molecular flexibility index (Phi) is 4.36. The fourth-order valence-corrected chi connectivity index (χ4v) is 3.54. The molecular weight excluding hydrogens is 348 g/mol. The second-order valence-electron chi connectivity index (χ2n) is 4.82. The molecule has 0 saturated heterocycles. The SMILES string of the molecule is CC(Nc1ccc(Cn2cncn2)cc1)c1cc(Br)cs1. The molecule has 0 fully saturated rings. The molecule has 0 spiro atoms. The molecule has 0 saturated carbocycles. The van der Waals surface area contributed by atoms with Crippen molar-refractivity contribution in [2.45, 2.75) is 19.5 Å². The normalized spacial score (nSPS) is 12.3. The molecule has 2 aromatic heterocycles. The maximum Gasteiger partial charge on any atom is 0.137 e. The molecule has 1 unspecified atom stereocenters. The van der Waals surface area contributed by atoms with Gasteiger partial charge in [0.25, 0.3) is 0 Å². The van der Waals surface area contributed by atoms with Crippen LogP contribution in [0.3, 0.4) is 0 Å². The molecule has 1 atom stereocenters. The molecular formula is C15H15BrN4S. The number of rotatable bonds is 5. The van der Waals surface area contributed by atoms with Crippen LogP contribution in [-0.2, 0) is 6.54 Å². The molecule has 6 heteroatoms. The average Bonchev–Trinajstić information content (AvgIpc) is 3.12. The Bertz CT molecular complexity index is 691. The smallest absolute Gasteiger partial charge is 0.137 e. The first-order chi connectivity index (χ1) is 10.2. The first-order valence-electron chi connectivity index (χ1n) is 6.62. The van der Waals surface area contributed by atoms with E-state index in [-0.39, 0.29) is 0 Å². The number of thiophene rings is 1. The van der Waals surface area contributed by atoms with E-state index in [0.29, 0.717) is 6.04 Å². The minimum atomic E-state index is 0.294. The van der Waals surface area contributed by atoms with Crippen molar-refractivity contribution in [3.8, 4) is 0 Å². The van der Waals surface area contributed by atoms with Gasteiger partial charge in [-0.25, -0.2) is 9.67 Å². The molecule has 2 heterocycles.